The third-order valence-electron chi connectivity index (χ3n) is 4.11. The topological polar surface area (TPSA) is 61.4 Å². The van der Waals surface area contributed by atoms with Gasteiger partial charge in [0.25, 0.3) is 5.91 Å². The lowest BCUT2D eigenvalue weighted by Crippen LogP contribution is -2.42. The number of nitrogens with zero attached hydrogens (tertiary/aromatic N) is 1. The van der Waals surface area contributed by atoms with Crippen molar-refractivity contribution in [2.75, 3.05) is 13.1 Å². The lowest BCUT2D eigenvalue weighted by Gasteiger charge is -2.22. The molecular formula is C17H21N3O2S2. The maximum atomic E-state index is 12.4. The predicted molar refractivity (Wildman–Crippen MR) is 97.4 cm³/mol. The van der Waals surface area contributed by atoms with E-state index in [0.29, 0.717) is 25.1 Å². The van der Waals surface area contributed by atoms with E-state index in [-0.39, 0.29) is 23.9 Å². The summed E-state index contributed by atoms with van der Waals surface area (Å²) < 4.78 is 0. The fourth-order valence-corrected chi connectivity index (χ4v) is 4.38. The number of nitrogens with one attached hydrogen (secondary N) is 2. The number of carbonyl (C=O) groups is 2. The molecule has 3 heterocycles. The molecule has 128 valence electrons. The second-order valence-corrected chi connectivity index (χ2v) is 7.65. The Morgan fingerprint density at radius 1 is 1.33 bits per heavy atom. The largest absolute Gasteiger partial charge is 0.355 e. The fraction of sp³-hybridized carbons (Fsp3) is 0.412. The maximum Gasteiger partial charge on any atom is 0.252 e. The van der Waals surface area contributed by atoms with Gasteiger partial charge in [-0.1, -0.05) is 6.07 Å². The normalized spacial score (nSPS) is 20.9. The van der Waals surface area contributed by atoms with Crippen molar-refractivity contribution >= 4 is 34.5 Å². The van der Waals surface area contributed by atoms with Crippen molar-refractivity contribution in [3.05, 3.63) is 44.8 Å². The van der Waals surface area contributed by atoms with E-state index in [9.17, 15) is 9.59 Å². The molecular weight excluding hydrogens is 342 g/mol. The van der Waals surface area contributed by atoms with Gasteiger partial charge in [-0.15, -0.1) is 11.3 Å². The monoisotopic (exact) mass is 363 g/mol. The minimum absolute atomic E-state index is 0.00929. The van der Waals surface area contributed by atoms with E-state index in [0.717, 1.165) is 6.54 Å². The quantitative estimate of drug-likeness (QED) is 0.828. The molecule has 1 aliphatic heterocycles. The van der Waals surface area contributed by atoms with Crippen LogP contribution in [0.25, 0.3) is 0 Å². The van der Waals surface area contributed by atoms with Gasteiger partial charge in [0, 0.05) is 41.5 Å². The highest BCUT2D eigenvalue weighted by Crippen LogP contribution is 2.23. The molecule has 5 nitrogen and oxygen atoms in total. The van der Waals surface area contributed by atoms with Crippen LogP contribution in [0.3, 0.4) is 0 Å². The summed E-state index contributed by atoms with van der Waals surface area (Å²) in [6.45, 7) is 3.97. The molecule has 2 aromatic rings. The van der Waals surface area contributed by atoms with Crippen molar-refractivity contribution in [3.63, 3.8) is 0 Å². The van der Waals surface area contributed by atoms with E-state index in [1.807, 2.05) is 35.2 Å². The average Bonchev–Trinajstić information content (AvgIpc) is 3.29. The van der Waals surface area contributed by atoms with Crippen molar-refractivity contribution in [1.29, 1.82) is 0 Å². The zero-order valence-electron chi connectivity index (χ0n) is 13.5. The van der Waals surface area contributed by atoms with Gasteiger partial charge in [-0.05, 0) is 36.2 Å². The van der Waals surface area contributed by atoms with E-state index in [4.69, 9.17) is 0 Å². The summed E-state index contributed by atoms with van der Waals surface area (Å²) in [6.07, 6.45) is 0.646. The summed E-state index contributed by atoms with van der Waals surface area (Å²) in [5.74, 6) is -0.0183. The SMILES string of the molecule is CCNC(=O)C1CC(NC(=O)c2ccsc2)CN1Cc1cccs1. The summed E-state index contributed by atoms with van der Waals surface area (Å²) in [5.41, 5.74) is 0.686. The van der Waals surface area contributed by atoms with Crippen LogP contribution < -0.4 is 10.6 Å². The molecule has 0 bridgehead atoms. The third kappa shape index (κ3) is 4.03. The van der Waals surface area contributed by atoms with Gasteiger partial charge in [0.05, 0.1) is 6.04 Å². The van der Waals surface area contributed by atoms with Crippen molar-refractivity contribution in [3.8, 4) is 0 Å². The molecule has 2 N–H and O–H groups in total. The minimum Gasteiger partial charge on any atom is -0.355 e. The Balaban J connectivity index is 1.67. The molecule has 2 atom stereocenters. The first-order chi connectivity index (χ1) is 11.7. The molecule has 24 heavy (non-hydrogen) atoms. The Hall–Kier alpha value is -1.70. The van der Waals surface area contributed by atoms with Crippen LogP contribution in [0.5, 0.6) is 0 Å². The van der Waals surface area contributed by atoms with Gasteiger partial charge in [-0.2, -0.15) is 11.3 Å². The Bertz CT molecular complexity index is 670. The summed E-state index contributed by atoms with van der Waals surface area (Å²) in [7, 11) is 0. The molecule has 0 spiro atoms. The molecule has 2 unspecified atom stereocenters. The van der Waals surface area contributed by atoms with Crippen LogP contribution >= 0.6 is 22.7 Å². The van der Waals surface area contributed by atoms with Gasteiger partial charge in [0.15, 0.2) is 0 Å². The number of amides is 2. The predicted octanol–water partition coefficient (Wildman–Crippen LogP) is 2.32. The molecule has 0 radical (unpaired) electrons. The number of hydrogen-bond donors (Lipinski definition) is 2. The second kappa shape index (κ2) is 7.92. The Morgan fingerprint density at radius 3 is 2.88 bits per heavy atom. The highest BCUT2D eigenvalue weighted by Gasteiger charge is 2.37. The lowest BCUT2D eigenvalue weighted by molar-refractivity contribution is -0.125. The van der Waals surface area contributed by atoms with E-state index < -0.39 is 0 Å². The van der Waals surface area contributed by atoms with E-state index >= 15 is 0 Å². The fourth-order valence-electron chi connectivity index (χ4n) is 3.01. The minimum atomic E-state index is -0.195. The van der Waals surface area contributed by atoms with Crippen LogP contribution in [0.4, 0.5) is 0 Å². The van der Waals surface area contributed by atoms with Crippen molar-refractivity contribution in [1.82, 2.24) is 15.5 Å². The average molecular weight is 364 g/mol. The third-order valence-corrected chi connectivity index (χ3v) is 5.66. The molecule has 0 saturated carbocycles. The van der Waals surface area contributed by atoms with Gasteiger partial charge in [-0.3, -0.25) is 14.5 Å². The van der Waals surface area contributed by atoms with Crippen LogP contribution in [-0.2, 0) is 11.3 Å². The second-order valence-electron chi connectivity index (χ2n) is 5.84. The van der Waals surface area contributed by atoms with Crippen LogP contribution in [0, 0.1) is 0 Å². The number of hydrogen-bond acceptors (Lipinski definition) is 5. The summed E-state index contributed by atoms with van der Waals surface area (Å²) in [6, 6.07) is 5.72. The zero-order valence-corrected chi connectivity index (χ0v) is 15.2. The van der Waals surface area contributed by atoms with Crippen LogP contribution in [0.15, 0.2) is 34.3 Å². The number of likely N-dealkylation sites (N-methyl/N-ethyl adjacent to an activating group) is 1. The van der Waals surface area contributed by atoms with Crippen molar-refractivity contribution in [2.45, 2.75) is 32.0 Å². The Kier molecular flexibility index (Phi) is 5.65. The Morgan fingerprint density at radius 2 is 2.21 bits per heavy atom. The molecule has 7 heteroatoms. The first-order valence-corrected chi connectivity index (χ1v) is 9.86. The smallest absolute Gasteiger partial charge is 0.252 e. The summed E-state index contributed by atoms with van der Waals surface area (Å²) in [5, 5.41) is 11.8. The van der Waals surface area contributed by atoms with Crippen LogP contribution in [0.1, 0.15) is 28.6 Å². The number of carbonyl (C=O) groups excluding carboxylic acids is 2. The molecule has 0 aliphatic carbocycles. The van der Waals surface area contributed by atoms with Gasteiger partial charge in [0.1, 0.15) is 0 Å². The van der Waals surface area contributed by atoms with Gasteiger partial charge < -0.3 is 10.6 Å². The number of thiophene rings is 2. The number of rotatable bonds is 6. The first-order valence-electron chi connectivity index (χ1n) is 8.04. The van der Waals surface area contributed by atoms with Gasteiger partial charge >= 0.3 is 0 Å². The molecule has 1 fully saturated rings. The standard InChI is InChI=1S/C17H21N3O2S2/c1-2-18-17(22)15-8-13(19-16(21)12-5-7-23-11-12)9-20(15)10-14-4-3-6-24-14/h3-7,11,13,15H,2,8-10H2,1H3,(H,18,22)(H,19,21). The molecule has 3 rings (SSSR count). The van der Waals surface area contributed by atoms with E-state index in [1.165, 1.54) is 16.2 Å². The molecule has 1 aliphatic rings. The zero-order chi connectivity index (χ0) is 16.9. The van der Waals surface area contributed by atoms with Crippen molar-refractivity contribution in [2.24, 2.45) is 0 Å². The molecule has 2 amide bonds. The van der Waals surface area contributed by atoms with Gasteiger partial charge in [0.2, 0.25) is 5.91 Å². The van der Waals surface area contributed by atoms with E-state index in [2.05, 4.69) is 21.6 Å². The van der Waals surface area contributed by atoms with Crippen molar-refractivity contribution < 1.29 is 9.59 Å². The summed E-state index contributed by atoms with van der Waals surface area (Å²) in [4.78, 5) is 28.0. The highest BCUT2D eigenvalue weighted by molar-refractivity contribution is 7.09. The lowest BCUT2D eigenvalue weighted by atomic mass is 10.1. The number of likely N-dealkylation sites (tertiary alicyclic amines) is 1. The van der Waals surface area contributed by atoms with Gasteiger partial charge in [-0.25, -0.2) is 0 Å². The van der Waals surface area contributed by atoms with Crippen LogP contribution in [0.2, 0.25) is 0 Å². The maximum absolute atomic E-state index is 12.4. The molecule has 2 aromatic heterocycles. The highest BCUT2D eigenvalue weighted by atomic mass is 32.1. The van der Waals surface area contributed by atoms with Crippen LogP contribution in [-0.4, -0.2) is 41.9 Å². The summed E-state index contributed by atoms with van der Waals surface area (Å²) >= 11 is 3.20. The first kappa shape index (κ1) is 17.1. The van der Waals surface area contributed by atoms with E-state index in [1.54, 1.807) is 11.3 Å². The Labute approximate surface area is 149 Å². The molecule has 0 aromatic carbocycles. The molecule has 1 saturated heterocycles.